The lowest BCUT2D eigenvalue weighted by Crippen LogP contribution is -3.12. The highest BCUT2D eigenvalue weighted by Crippen LogP contribution is 1.77. The summed E-state index contributed by atoms with van der Waals surface area (Å²) in [6.07, 6.45) is -0.310. The monoisotopic (exact) mass is 162 g/mol. The molecule has 0 heterocycles. The van der Waals surface area contributed by atoms with E-state index in [-0.39, 0.29) is 6.10 Å². The van der Waals surface area contributed by atoms with E-state index in [0.717, 1.165) is 19.6 Å². The molecule has 0 saturated carbocycles. The van der Waals surface area contributed by atoms with E-state index in [2.05, 4.69) is 13.8 Å². The molecule has 68 valence electrons. The summed E-state index contributed by atoms with van der Waals surface area (Å²) in [7, 11) is 1.61. The predicted octanol–water partition coefficient (Wildman–Crippen LogP) is -1.08. The van der Waals surface area contributed by atoms with Crippen LogP contribution in [0.5, 0.6) is 0 Å². The third-order valence-electron chi connectivity index (χ3n) is 1.88. The van der Waals surface area contributed by atoms with Gasteiger partial charge in [0.1, 0.15) is 12.6 Å². The third kappa shape index (κ3) is 5.18. The Morgan fingerprint density at radius 1 is 1.36 bits per heavy atom. The van der Waals surface area contributed by atoms with Crippen molar-refractivity contribution >= 4 is 0 Å². The van der Waals surface area contributed by atoms with Crippen molar-refractivity contribution in [2.24, 2.45) is 0 Å². The predicted molar refractivity (Wildman–Crippen MR) is 44.8 cm³/mol. The molecule has 3 heteroatoms. The van der Waals surface area contributed by atoms with Crippen LogP contribution in [-0.2, 0) is 4.74 Å². The fourth-order valence-corrected chi connectivity index (χ4v) is 1.12. The lowest BCUT2D eigenvalue weighted by molar-refractivity contribution is -0.899. The number of hydrogen-bond donors (Lipinski definition) is 2. The molecule has 0 aliphatic carbocycles. The van der Waals surface area contributed by atoms with Gasteiger partial charge < -0.3 is 14.7 Å². The highest BCUT2D eigenvalue weighted by atomic mass is 16.5. The quantitative estimate of drug-likeness (QED) is 0.521. The molecule has 0 radical (unpaired) electrons. The van der Waals surface area contributed by atoms with Gasteiger partial charge in [0.05, 0.1) is 19.7 Å². The van der Waals surface area contributed by atoms with Crippen LogP contribution < -0.4 is 4.90 Å². The average molecular weight is 162 g/mol. The van der Waals surface area contributed by atoms with Crippen molar-refractivity contribution in [1.82, 2.24) is 0 Å². The molecule has 0 unspecified atom stereocenters. The Bertz CT molecular complexity index is 84.2. The summed E-state index contributed by atoms with van der Waals surface area (Å²) in [5.74, 6) is 0. The maximum Gasteiger partial charge on any atom is 0.126 e. The van der Waals surface area contributed by atoms with Gasteiger partial charge in [-0.05, 0) is 13.8 Å². The fraction of sp³-hybridized carbons (Fsp3) is 1.00. The first kappa shape index (κ1) is 10.9. The Kier molecular flexibility index (Phi) is 6.51. The minimum atomic E-state index is -0.310. The van der Waals surface area contributed by atoms with E-state index < -0.39 is 0 Å². The first-order valence-electron chi connectivity index (χ1n) is 4.25. The molecule has 0 aromatic rings. The van der Waals surface area contributed by atoms with Crippen LogP contribution in [0.4, 0.5) is 0 Å². The number of hydrogen-bond acceptors (Lipinski definition) is 2. The number of quaternary nitrogens is 1. The molecule has 0 bridgehead atoms. The van der Waals surface area contributed by atoms with Crippen LogP contribution in [0.25, 0.3) is 0 Å². The van der Waals surface area contributed by atoms with Crippen molar-refractivity contribution < 1.29 is 14.7 Å². The lowest BCUT2D eigenvalue weighted by Gasteiger charge is -2.18. The molecule has 0 aliphatic rings. The highest BCUT2D eigenvalue weighted by Gasteiger charge is 2.10. The second kappa shape index (κ2) is 6.58. The normalized spacial score (nSPS) is 13.9. The van der Waals surface area contributed by atoms with Gasteiger partial charge in [-0.3, -0.25) is 0 Å². The molecular weight excluding hydrogens is 142 g/mol. The van der Waals surface area contributed by atoms with Gasteiger partial charge in [-0.1, -0.05) is 0 Å². The molecule has 0 spiro atoms. The van der Waals surface area contributed by atoms with E-state index >= 15 is 0 Å². The zero-order valence-electron chi connectivity index (χ0n) is 7.76. The number of nitrogens with one attached hydrogen (secondary N) is 1. The minimum Gasteiger partial charge on any atom is -0.385 e. The van der Waals surface area contributed by atoms with Crippen LogP contribution >= 0.6 is 0 Å². The molecule has 3 nitrogen and oxygen atoms in total. The summed E-state index contributed by atoms with van der Waals surface area (Å²) in [5, 5.41) is 9.34. The number of aliphatic hydroxyl groups is 1. The SMILES string of the molecule is CC[NH+](CC)C[C@H](O)COC. The van der Waals surface area contributed by atoms with Gasteiger partial charge in [-0.2, -0.15) is 0 Å². The molecule has 0 aromatic heterocycles. The Morgan fingerprint density at radius 3 is 2.27 bits per heavy atom. The summed E-state index contributed by atoms with van der Waals surface area (Å²) >= 11 is 0. The summed E-state index contributed by atoms with van der Waals surface area (Å²) in [6, 6.07) is 0. The molecule has 2 N–H and O–H groups in total. The van der Waals surface area contributed by atoms with Gasteiger partial charge in [0, 0.05) is 7.11 Å². The van der Waals surface area contributed by atoms with E-state index in [1.54, 1.807) is 7.11 Å². The Balaban J connectivity index is 3.44. The fourth-order valence-electron chi connectivity index (χ4n) is 1.12. The van der Waals surface area contributed by atoms with Crippen molar-refractivity contribution in [3.63, 3.8) is 0 Å². The number of ether oxygens (including phenoxy) is 1. The zero-order valence-corrected chi connectivity index (χ0v) is 7.76. The van der Waals surface area contributed by atoms with Crippen LogP contribution in [0.15, 0.2) is 0 Å². The van der Waals surface area contributed by atoms with Crippen LogP contribution in [0.1, 0.15) is 13.8 Å². The van der Waals surface area contributed by atoms with Crippen molar-refractivity contribution in [3.05, 3.63) is 0 Å². The van der Waals surface area contributed by atoms with E-state index in [0.29, 0.717) is 6.61 Å². The molecule has 0 rings (SSSR count). The Labute approximate surface area is 69.0 Å². The zero-order chi connectivity index (χ0) is 8.69. The molecule has 0 saturated heterocycles. The van der Waals surface area contributed by atoms with Gasteiger partial charge in [0.25, 0.3) is 0 Å². The van der Waals surface area contributed by atoms with Gasteiger partial charge in [0.15, 0.2) is 0 Å². The van der Waals surface area contributed by atoms with Crippen molar-refractivity contribution in [1.29, 1.82) is 0 Å². The summed E-state index contributed by atoms with van der Waals surface area (Å²) in [5.41, 5.74) is 0. The smallest absolute Gasteiger partial charge is 0.126 e. The highest BCUT2D eigenvalue weighted by molar-refractivity contribution is 4.48. The van der Waals surface area contributed by atoms with Crippen molar-refractivity contribution in [3.8, 4) is 0 Å². The minimum absolute atomic E-state index is 0.310. The first-order valence-corrected chi connectivity index (χ1v) is 4.25. The number of rotatable bonds is 6. The van der Waals surface area contributed by atoms with E-state index in [9.17, 15) is 5.11 Å². The molecule has 0 aromatic carbocycles. The van der Waals surface area contributed by atoms with Gasteiger partial charge in [0.2, 0.25) is 0 Å². The standard InChI is InChI=1S/C8H19NO2/c1-4-9(5-2)6-8(10)7-11-3/h8,10H,4-7H2,1-3H3/p+1/t8-/m0/s1. The lowest BCUT2D eigenvalue weighted by atomic mass is 10.3. The van der Waals surface area contributed by atoms with Crippen LogP contribution in [-0.4, -0.2) is 44.6 Å². The van der Waals surface area contributed by atoms with Gasteiger partial charge >= 0.3 is 0 Å². The third-order valence-corrected chi connectivity index (χ3v) is 1.88. The van der Waals surface area contributed by atoms with Crippen LogP contribution in [0, 0.1) is 0 Å². The Hall–Kier alpha value is -0.120. The first-order chi connectivity index (χ1) is 5.24. The van der Waals surface area contributed by atoms with E-state index in [1.165, 1.54) is 4.90 Å². The summed E-state index contributed by atoms with van der Waals surface area (Å²) in [4.78, 5) is 1.41. The number of aliphatic hydroxyl groups excluding tert-OH is 1. The van der Waals surface area contributed by atoms with Crippen molar-refractivity contribution in [2.45, 2.75) is 20.0 Å². The average Bonchev–Trinajstić information content (AvgIpc) is 2.01. The largest absolute Gasteiger partial charge is 0.385 e. The molecule has 0 aliphatic heterocycles. The summed E-state index contributed by atoms with van der Waals surface area (Å²) in [6.45, 7) is 7.62. The van der Waals surface area contributed by atoms with Gasteiger partial charge in [-0.15, -0.1) is 0 Å². The van der Waals surface area contributed by atoms with Crippen molar-refractivity contribution in [2.75, 3.05) is 33.4 Å². The van der Waals surface area contributed by atoms with E-state index in [4.69, 9.17) is 4.74 Å². The molecule has 0 fully saturated rings. The molecule has 0 amide bonds. The second-order valence-electron chi connectivity index (χ2n) is 2.77. The maximum atomic E-state index is 9.34. The van der Waals surface area contributed by atoms with Crippen LogP contribution in [0.2, 0.25) is 0 Å². The van der Waals surface area contributed by atoms with Crippen LogP contribution in [0.3, 0.4) is 0 Å². The molecule has 1 atom stereocenters. The maximum absolute atomic E-state index is 9.34. The summed E-state index contributed by atoms with van der Waals surface area (Å²) < 4.78 is 4.83. The number of methoxy groups -OCH3 is 1. The topological polar surface area (TPSA) is 33.9 Å². The van der Waals surface area contributed by atoms with Gasteiger partial charge in [-0.25, -0.2) is 0 Å². The number of likely N-dealkylation sites (N-methyl/N-ethyl adjacent to an activating group) is 1. The molecule has 11 heavy (non-hydrogen) atoms. The Morgan fingerprint density at radius 2 is 1.91 bits per heavy atom. The second-order valence-corrected chi connectivity index (χ2v) is 2.77. The molecular formula is C8H20NO2+. The van der Waals surface area contributed by atoms with E-state index in [1.807, 2.05) is 0 Å².